The molecule has 1 N–H and O–H groups in total. The third kappa shape index (κ3) is 34.7. The summed E-state index contributed by atoms with van der Waals surface area (Å²) in [7, 11) is 0. The molecule has 1 aliphatic heterocycles. The van der Waals surface area contributed by atoms with Crippen LogP contribution in [0.25, 0.3) is 0 Å². The first kappa shape index (κ1) is 42.5. The van der Waals surface area contributed by atoms with Crippen molar-refractivity contribution in [3.8, 4) is 0 Å². The largest absolute Gasteiger partial charge is 0.379 e. The zero-order valence-electron chi connectivity index (χ0n) is 28.5. The van der Waals surface area contributed by atoms with Gasteiger partial charge in [-0.15, -0.1) is 0 Å². The van der Waals surface area contributed by atoms with E-state index in [9.17, 15) is 0 Å². The van der Waals surface area contributed by atoms with Gasteiger partial charge < -0.3 is 57.4 Å². The van der Waals surface area contributed by atoms with Crippen LogP contribution < -0.4 is 5.32 Å². The van der Waals surface area contributed by atoms with E-state index in [0.717, 1.165) is 39.0 Å². The maximum atomic E-state index is 5.79. The zero-order chi connectivity index (χ0) is 32.0. The fourth-order valence-electron chi connectivity index (χ4n) is 4.30. The van der Waals surface area contributed by atoms with Gasteiger partial charge in [0, 0.05) is 6.61 Å². The summed E-state index contributed by atoms with van der Waals surface area (Å²) in [5.74, 6) is 0. The maximum Gasteiger partial charge on any atom is 0.0704 e. The van der Waals surface area contributed by atoms with Crippen LogP contribution in [0.2, 0.25) is 0 Å². The Morgan fingerprint density at radius 2 is 0.644 bits per heavy atom. The third-order valence-corrected chi connectivity index (χ3v) is 6.86. The highest BCUT2D eigenvalue weighted by Crippen LogP contribution is 2.06. The number of hydrogen-bond donors (Lipinski definition) is 1. The minimum atomic E-state index is 0.375. The van der Waals surface area contributed by atoms with E-state index >= 15 is 0 Å². The highest BCUT2D eigenvalue weighted by atomic mass is 16.6. The van der Waals surface area contributed by atoms with Crippen LogP contribution in [0.4, 0.5) is 0 Å². The fourth-order valence-corrected chi connectivity index (χ4v) is 4.30. The highest BCUT2D eigenvalue weighted by Gasteiger charge is 2.12. The van der Waals surface area contributed by atoms with E-state index in [4.69, 9.17) is 52.1 Å². The number of hydrogen-bond acceptors (Lipinski definition) is 12. The average Bonchev–Trinajstić information content (AvgIpc) is 3.06. The van der Waals surface area contributed by atoms with E-state index in [1.54, 1.807) is 0 Å². The van der Waals surface area contributed by atoms with Crippen molar-refractivity contribution in [2.45, 2.75) is 64.4 Å². The van der Waals surface area contributed by atoms with Gasteiger partial charge in [0.25, 0.3) is 0 Å². The molecule has 0 aromatic heterocycles. The number of nitrogens with one attached hydrogen (secondary N) is 1. The molecule has 1 saturated heterocycles. The lowest BCUT2D eigenvalue weighted by Crippen LogP contribution is -2.33. The Morgan fingerprint density at radius 1 is 0.356 bits per heavy atom. The summed E-state index contributed by atoms with van der Waals surface area (Å²) in [6, 6.07) is 0. The molecule has 1 heterocycles. The van der Waals surface area contributed by atoms with Crippen LogP contribution in [-0.4, -0.2) is 158 Å². The molecule has 1 fully saturated rings. The second-order valence-electron chi connectivity index (χ2n) is 10.7. The summed E-state index contributed by atoms with van der Waals surface area (Å²) in [6.07, 6.45) is 10.2. The Labute approximate surface area is 273 Å². The van der Waals surface area contributed by atoms with Gasteiger partial charge in [-0.05, 0) is 32.4 Å². The Bertz CT molecular complexity index is 545. The first-order chi connectivity index (χ1) is 22.4. The van der Waals surface area contributed by atoms with Crippen molar-refractivity contribution in [3.05, 3.63) is 0 Å². The van der Waals surface area contributed by atoms with Crippen molar-refractivity contribution in [2.24, 2.45) is 0 Å². The van der Waals surface area contributed by atoms with Crippen molar-refractivity contribution in [2.75, 3.05) is 152 Å². The van der Waals surface area contributed by atoms with Gasteiger partial charge in [0.1, 0.15) is 0 Å². The Morgan fingerprint density at radius 3 is 1.00 bits per heavy atom. The lowest BCUT2D eigenvalue weighted by Gasteiger charge is -2.22. The molecule has 0 bridgehead atoms. The molecule has 1 rings (SSSR count). The number of ether oxygens (including phenoxy) is 11. The van der Waals surface area contributed by atoms with Crippen LogP contribution in [0, 0.1) is 0 Å². The molecule has 0 atom stereocenters. The molecule has 0 aromatic rings. The summed E-state index contributed by atoms with van der Waals surface area (Å²) in [5.41, 5.74) is 0. The first-order valence-electron chi connectivity index (χ1n) is 17.5. The van der Waals surface area contributed by atoms with Crippen LogP contribution >= 0.6 is 0 Å². The van der Waals surface area contributed by atoms with Crippen molar-refractivity contribution < 1.29 is 52.1 Å². The number of piperidine rings is 1. The average molecular weight is 654 g/mol. The molecule has 0 aliphatic carbocycles. The lowest BCUT2D eigenvalue weighted by atomic mass is 10.1. The fraction of sp³-hybridized carbons (Fsp3) is 1.00. The van der Waals surface area contributed by atoms with Crippen LogP contribution in [0.5, 0.6) is 0 Å². The van der Waals surface area contributed by atoms with Gasteiger partial charge in [-0.2, -0.15) is 0 Å². The van der Waals surface area contributed by atoms with Gasteiger partial charge in [-0.1, -0.05) is 39.0 Å². The van der Waals surface area contributed by atoms with Crippen LogP contribution in [0.15, 0.2) is 0 Å². The van der Waals surface area contributed by atoms with E-state index in [-0.39, 0.29) is 0 Å². The van der Waals surface area contributed by atoms with Gasteiger partial charge >= 0.3 is 0 Å². The van der Waals surface area contributed by atoms with Gasteiger partial charge in [0.2, 0.25) is 0 Å². The molecule has 45 heavy (non-hydrogen) atoms. The topological polar surface area (TPSA) is 114 Å². The third-order valence-electron chi connectivity index (χ3n) is 6.86. The summed E-state index contributed by atoms with van der Waals surface area (Å²) in [5, 5.41) is 3.33. The van der Waals surface area contributed by atoms with Crippen molar-refractivity contribution in [1.82, 2.24) is 5.32 Å². The number of unbranched alkanes of at least 4 members (excludes halogenated alkanes) is 5. The zero-order valence-corrected chi connectivity index (χ0v) is 28.5. The van der Waals surface area contributed by atoms with Gasteiger partial charge in [0.15, 0.2) is 0 Å². The minimum absolute atomic E-state index is 0.375. The highest BCUT2D eigenvalue weighted by molar-refractivity contribution is 4.67. The lowest BCUT2D eigenvalue weighted by molar-refractivity contribution is -0.0324. The molecular formula is C33H67NO11. The molecule has 0 saturated carbocycles. The predicted molar refractivity (Wildman–Crippen MR) is 173 cm³/mol. The van der Waals surface area contributed by atoms with Crippen molar-refractivity contribution in [1.29, 1.82) is 0 Å². The maximum absolute atomic E-state index is 5.79. The second-order valence-corrected chi connectivity index (χ2v) is 10.7. The van der Waals surface area contributed by atoms with E-state index in [1.807, 2.05) is 0 Å². The SMILES string of the molecule is CCCCCCCCOCCOCCOCCOCCOCCOCCOCCOCCOCCOCCOC1CCNCC1. The Kier molecular flexibility index (Phi) is 35.9. The second kappa shape index (κ2) is 38.0. The first-order valence-corrected chi connectivity index (χ1v) is 17.5. The molecule has 0 radical (unpaired) electrons. The van der Waals surface area contributed by atoms with Crippen LogP contribution in [0.1, 0.15) is 58.3 Å². The van der Waals surface area contributed by atoms with Crippen LogP contribution in [-0.2, 0) is 52.1 Å². The molecule has 270 valence electrons. The van der Waals surface area contributed by atoms with E-state index < -0.39 is 0 Å². The smallest absolute Gasteiger partial charge is 0.0704 e. The minimum Gasteiger partial charge on any atom is -0.379 e. The summed E-state index contributed by atoms with van der Waals surface area (Å²) < 4.78 is 60.9. The predicted octanol–water partition coefficient (Wildman–Crippen LogP) is 3.28. The molecule has 12 nitrogen and oxygen atoms in total. The van der Waals surface area contributed by atoms with E-state index in [1.165, 1.54) is 32.1 Å². The van der Waals surface area contributed by atoms with E-state index in [2.05, 4.69) is 12.2 Å². The Hall–Kier alpha value is -0.480. The van der Waals surface area contributed by atoms with Crippen molar-refractivity contribution >= 4 is 0 Å². The molecule has 12 heteroatoms. The molecule has 1 aliphatic rings. The summed E-state index contributed by atoms with van der Waals surface area (Å²) in [6.45, 7) is 16.3. The molecule has 0 amide bonds. The van der Waals surface area contributed by atoms with E-state index in [0.29, 0.717) is 138 Å². The molecular weight excluding hydrogens is 586 g/mol. The van der Waals surface area contributed by atoms with Gasteiger partial charge in [-0.3, -0.25) is 0 Å². The standard InChI is InChI=1S/C33H67NO11/c1-2-3-4-5-6-7-12-35-13-14-36-15-16-37-17-18-38-19-20-39-21-22-40-23-24-41-25-26-42-27-28-43-29-30-44-31-32-45-33-8-10-34-11-9-33/h33-34H,2-32H2,1H3. The monoisotopic (exact) mass is 653 g/mol. The number of rotatable bonds is 38. The van der Waals surface area contributed by atoms with Gasteiger partial charge in [0.05, 0.1) is 138 Å². The normalized spacial score (nSPS) is 14.1. The summed E-state index contributed by atoms with van der Waals surface area (Å²) in [4.78, 5) is 0. The molecule has 0 unspecified atom stereocenters. The van der Waals surface area contributed by atoms with Gasteiger partial charge in [-0.25, -0.2) is 0 Å². The Balaban J connectivity index is 1.60. The quantitative estimate of drug-likeness (QED) is 0.0987. The molecule has 0 spiro atoms. The van der Waals surface area contributed by atoms with Crippen LogP contribution in [0.3, 0.4) is 0 Å². The van der Waals surface area contributed by atoms with Crippen molar-refractivity contribution in [3.63, 3.8) is 0 Å². The summed E-state index contributed by atoms with van der Waals surface area (Å²) >= 11 is 0. The molecule has 0 aromatic carbocycles.